The van der Waals surface area contributed by atoms with E-state index in [1.807, 2.05) is 17.0 Å². The first-order chi connectivity index (χ1) is 18.9. The van der Waals surface area contributed by atoms with Crippen molar-refractivity contribution in [3.8, 4) is 0 Å². The van der Waals surface area contributed by atoms with Gasteiger partial charge < -0.3 is 14.5 Å². The van der Waals surface area contributed by atoms with Crippen molar-refractivity contribution in [3.63, 3.8) is 0 Å². The topological polar surface area (TPSA) is 79.2 Å². The van der Waals surface area contributed by atoms with E-state index in [-0.39, 0.29) is 16.0 Å². The Labute approximate surface area is 232 Å². The molecule has 3 aromatic carbocycles. The highest BCUT2D eigenvalue weighted by molar-refractivity contribution is 7.99. The molecule has 0 unspecified atom stereocenters. The fourth-order valence-corrected chi connectivity index (χ4v) is 6.74. The number of cyclic esters (lactones) is 1. The normalized spacial score (nSPS) is 17.6. The Bertz CT molecular complexity index is 1540. The number of carbonyl (C=O) groups is 1. The molecule has 2 aliphatic rings. The van der Waals surface area contributed by atoms with E-state index in [0.29, 0.717) is 49.9 Å². The Kier molecular flexibility index (Phi) is 7.01. The summed E-state index contributed by atoms with van der Waals surface area (Å²) in [4.78, 5) is 29.8. The van der Waals surface area contributed by atoms with E-state index in [0.717, 1.165) is 21.2 Å². The molecule has 0 N–H and O–H groups in total. The molecule has 39 heavy (non-hydrogen) atoms. The summed E-state index contributed by atoms with van der Waals surface area (Å²) in [5.41, 5.74) is 0.954. The van der Waals surface area contributed by atoms with Crippen LogP contribution in [0.2, 0.25) is 0 Å². The first-order valence-electron chi connectivity index (χ1n) is 12.6. The van der Waals surface area contributed by atoms with Gasteiger partial charge in [0.25, 0.3) is 0 Å². The summed E-state index contributed by atoms with van der Waals surface area (Å²) in [5, 5.41) is 14.3. The maximum Gasteiger partial charge on any atom is 0.414 e. The van der Waals surface area contributed by atoms with Gasteiger partial charge in [-0.3, -0.25) is 15.0 Å². The first-order valence-corrected chi connectivity index (χ1v) is 14.4. The van der Waals surface area contributed by atoms with Crippen LogP contribution in [0.25, 0.3) is 10.8 Å². The van der Waals surface area contributed by atoms with Crippen LogP contribution in [0.15, 0.2) is 77.7 Å². The van der Waals surface area contributed by atoms with Gasteiger partial charge in [0.2, 0.25) is 0 Å². The number of ether oxygens (including phenoxy) is 1. The molecule has 11 heteroatoms. The van der Waals surface area contributed by atoms with Gasteiger partial charge in [-0.25, -0.2) is 9.18 Å². The number of halogens is 1. The lowest BCUT2D eigenvalue weighted by Gasteiger charge is -2.36. The van der Waals surface area contributed by atoms with Gasteiger partial charge in [-0.1, -0.05) is 30.3 Å². The molecule has 200 valence electrons. The molecule has 0 bridgehead atoms. The lowest BCUT2D eigenvalue weighted by atomic mass is 10.1. The average Bonchev–Trinajstić information content (AvgIpc) is 3.59. The minimum atomic E-state index is -0.468. The quantitative estimate of drug-likeness (QED) is 0.146. The smallest absolute Gasteiger partial charge is 0.414 e. The molecule has 2 saturated heterocycles. The highest BCUT2D eigenvalue weighted by Crippen LogP contribution is 2.34. The Morgan fingerprint density at radius 3 is 2.49 bits per heavy atom. The summed E-state index contributed by atoms with van der Waals surface area (Å²) >= 11 is 2.79. The van der Waals surface area contributed by atoms with Crippen LogP contribution in [0.4, 0.5) is 30.6 Å². The Morgan fingerprint density at radius 1 is 0.974 bits per heavy atom. The third kappa shape index (κ3) is 5.37. The van der Waals surface area contributed by atoms with Gasteiger partial charge >= 0.3 is 11.1 Å². The molecule has 1 amide bonds. The molecule has 0 spiro atoms. The second kappa shape index (κ2) is 10.7. The fourth-order valence-electron chi connectivity index (χ4n) is 4.94. The van der Waals surface area contributed by atoms with Crippen LogP contribution in [-0.4, -0.2) is 55.6 Å². The van der Waals surface area contributed by atoms with Gasteiger partial charge in [0.05, 0.1) is 27.8 Å². The zero-order valence-electron chi connectivity index (χ0n) is 20.9. The molecular formula is C28H25FN4O4S2. The van der Waals surface area contributed by atoms with E-state index in [9.17, 15) is 14.9 Å². The van der Waals surface area contributed by atoms with E-state index in [2.05, 4.69) is 35.2 Å². The molecule has 0 radical (unpaired) electrons. The summed E-state index contributed by atoms with van der Waals surface area (Å²) in [7, 11) is 0. The molecule has 6 rings (SSSR count). The number of rotatable bonds is 7. The molecular weight excluding hydrogens is 539 g/mol. The third-order valence-corrected chi connectivity index (χ3v) is 9.19. The summed E-state index contributed by atoms with van der Waals surface area (Å²) in [6, 6.07) is 22.6. The molecule has 4 aromatic rings. The summed E-state index contributed by atoms with van der Waals surface area (Å²) in [5.74, 6) is 0.216. The van der Waals surface area contributed by atoms with E-state index >= 15 is 4.39 Å². The van der Waals surface area contributed by atoms with E-state index in [1.54, 1.807) is 30.0 Å². The predicted molar refractivity (Wildman–Crippen MR) is 154 cm³/mol. The molecule has 3 heterocycles. The lowest BCUT2D eigenvalue weighted by molar-refractivity contribution is -0.380. The van der Waals surface area contributed by atoms with E-state index in [4.69, 9.17) is 4.74 Å². The van der Waals surface area contributed by atoms with Gasteiger partial charge in [0, 0.05) is 42.9 Å². The van der Waals surface area contributed by atoms with Crippen molar-refractivity contribution in [1.29, 1.82) is 0 Å². The van der Waals surface area contributed by atoms with Crippen molar-refractivity contribution in [2.75, 3.05) is 53.2 Å². The van der Waals surface area contributed by atoms with Crippen LogP contribution < -0.4 is 14.7 Å². The van der Waals surface area contributed by atoms with Gasteiger partial charge in [-0.05, 0) is 58.5 Å². The van der Waals surface area contributed by atoms with Crippen molar-refractivity contribution in [3.05, 3.63) is 88.7 Å². The largest absolute Gasteiger partial charge is 0.443 e. The van der Waals surface area contributed by atoms with Crippen molar-refractivity contribution < 1.29 is 18.8 Å². The second-order valence-corrected chi connectivity index (χ2v) is 11.5. The van der Waals surface area contributed by atoms with Gasteiger partial charge in [-0.2, -0.15) is 0 Å². The molecule has 2 aliphatic heterocycles. The van der Waals surface area contributed by atoms with Crippen molar-refractivity contribution in [2.45, 2.75) is 11.0 Å². The molecule has 8 nitrogen and oxygen atoms in total. The number of piperazine rings is 1. The number of nitro groups is 1. The van der Waals surface area contributed by atoms with Crippen molar-refractivity contribution in [1.82, 2.24) is 0 Å². The highest BCUT2D eigenvalue weighted by atomic mass is 32.2. The van der Waals surface area contributed by atoms with E-state index in [1.165, 1.54) is 27.8 Å². The number of thiophene rings is 1. The lowest BCUT2D eigenvalue weighted by Crippen LogP contribution is -2.46. The zero-order chi connectivity index (χ0) is 26.9. The molecule has 0 saturated carbocycles. The number of benzene rings is 3. The minimum absolute atomic E-state index is 0.115. The zero-order valence-corrected chi connectivity index (χ0v) is 22.5. The van der Waals surface area contributed by atoms with Crippen molar-refractivity contribution in [2.24, 2.45) is 0 Å². The average molecular weight is 565 g/mol. The van der Waals surface area contributed by atoms with Gasteiger partial charge in [-0.15, -0.1) is 11.8 Å². The summed E-state index contributed by atoms with van der Waals surface area (Å²) in [6.45, 7) is 2.80. The molecule has 1 aromatic heterocycles. The number of nitrogens with zero attached hydrogens (tertiary/aromatic N) is 4. The SMILES string of the molecule is O=C1O[C@@H](CSc2ccc3ccccc3c2)CN1c1ccc(N2CCN(c3ccc([N+](=O)[O-])s3)CC2)c(F)c1. The molecule has 0 aliphatic carbocycles. The highest BCUT2D eigenvalue weighted by Gasteiger charge is 2.33. The van der Waals surface area contributed by atoms with Crippen molar-refractivity contribution >= 4 is 61.3 Å². The van der Waals surface area contributed by atoms with Crippen LogP contribution in [0.5, 0.6) is 0 Å². The third-order valence-electron chi connectivity index (χ3n) is 6.96. The van der Waals surface area contributed by atoms with Gasteiger partial charge in [0.1, 0.15) is 11.9 Å². The fraction of sp³-hybridized carbons (Fsp3) is 0.250. The number of hydrogen-bond donors (Lipinski definition) is 0. The Hall–Kier alpha value is -3.83. The van der Waals surface area contributed by atoms with Crippen LogP contribution in [-0.2, 0) is 4.74 Å². The number of anilines is 3. The predicted octanol–water partition coefficient (Wildman–Crippen LogP) is 6.39. The van der Waals surface area contributed by atoms with Crippen LogP contribution in [0.1, 0.15) is 0 Å². The van der Waals surface area contributed by atoms with Gasteiger partial charge in [0.15, 0.2) is 0 Å². The number of fused-ring (bicyclic) bond motifs is 1. The number of amides is 1. The number of thioether (sulfide) groups is 1. The Balaban J connectivity index is 1.06. The summed E-state index contributed by atoms with van der Waals surface area (Å²) < 4.78 is 20.8. The molecule has 1 atom stereocenters. The molecule has 2 fully saturated rings. The maximum atomic E-state index is 15.2. The maximum absolute atomic E-state index is 15.2. The second-order valence-electron chi connectivity index (χ2n) is 9.42. The minimum Gasteiger partial charge on any atom is -0.443 e. The monoisotopic (exact) mass is 564 g/mol. The Morgan fingerprint density at radius 2 is 1.74 bits per heavy atom. The van der Waals surface area contributed by atoms with Crippen LogP contribution >= 0.6 is 23.1 Å². The standard InChI is InChI=1S/C28H25FN4O4S2/c29-24-16-21(6-8-25(24)30-11-13-31(14-12-30)26-9-10-27(39-26)33(35)36)32-17-22(37-28(32)34)18-38-23-7-5-19-3-1-2-4-20(19)15-23/h1-10,15-16,22H,11-14,17-18H2/t22-/m1/s1. The number of carbonyl (C=O) groups excluding carboxylic acids is 1. The van der Waals surface area contributed by atoms with Crippen LogP contribution in [0.3, 0.4) is 0 Å². The summed E-state index contributed by atoms with van der Waals surface area (Å²) in [6.07, 6.45) is -0.761. The van der Waals surface area contributed by atoms with Crippen LogP contribution in [0, 0.1) is 15.9 Å². The number of hydrogen-bond acceptors (Lipinski definition) is 8. The van der Waals surface area contributed by atoms with E-state index < -0.39 is 11.9 Å². The first kappa shape index (κ1) is 25.4.